The van der Waals surface area contributed by atoms with Crippen LogP contribution < -0.4 is 0 Å². The molecule has 2 heterocycles. The summed E-state index contributed by atoms with van der Waals surface area (Å²) in [5, 5.41) is 8.67. The first-order chi connectivity index (χ1) is 18.8. The van der Waals surface area contributed by atoms with Gasteiger partial charge in [0.2, 0.25) is 5.79 Å². The van der Waals surface area contributed by atoms with Crippen LogP contribution in [0.25, 0.3) is 0 Å². The zero-order valence-corrected chi connectivity index (χ0v) is 26.2. The topological polar surface area (TPSA) is 122 Å². The van der Waals surface area contributed by atoms with Crippen LogP contribution >= 0.6 is 0 Å². The minimum Gasteiger partial charge on any atom is -0.393 e. The second kappa shape index (κ2) is 21.3. The predicted octanol–water partition coefficient (Wildman–Crippen LogP) is 2.03. The Labute approximate surface area is 235 Å². The van der Waals surface area contributed by atoms with E-state index in [-0.39, 0.29) is 25.9 Å². The molecule has 0 radical (unpaired) electrons. The predicted molar refractivity (Wildman–Crippen MR) is 145 cm³/mol. The normalized spacial score (nSPS) is 34.3. The summed E-state index contributed by atoms with van der Waals surface area (Å²) >= 11 is 0. The van der Waals surface area contributed by atoms with Gasteiger partial charge in [-0.15, -0.1) is 0 Å². The van der Waals surface area contributed by atoms with Crippen molar-refractivity contribution in [1.29, 1.82) is 0 Å². The van der Waals surface area contributed by atoms with Crippen LogP contribution in [0.1, 0.15) is 40.5 Å². The Morgan fingerprint density at radius 1 is 0.667 bits per heavy atom. The summed E-state index contributed by atoms with van der Waals surface area (Å²) in [6.07, 6.45) is -2.71. The molecule has 3 unspecified atom stereocenters. The van der Waals surface area contributed by atoms with E-state index in [0.717, 1.165) is 12.8 Å². The molecule has 0 aromatic heterocycles. The van der Waals surface area contributed by atoms with Crippen LogP contribution in [-0.2, 0) is 52.1 Å². The molecule has 2 saturated heterocycles. The number of aliphatic hydroxyl groups excluding tert-OH is 1. The van der Waals surface area contributed by atoms with Crippen molar-refractivity contribution in [2.75, 3.05) is 76.7 Å². The van der Waals surface area contributed by atoms with Gasteiger partial charge in [0, 0.05) is 56.9 Å². The van der Waals surface area contributed by atoms with Gasteiger partial charge in [0.05, 0.1) is 19.3 Å². The van der Waals surface area contributed by atoms with Crippen LogP contribution in [0.2, 0.25) is 0 Å². The van der Waals surface area contributed by atoms with Crippen molar-refractivity contribution in [2.45, 2.75) is 101 Å². The smallest absolute Gasteiger partial charge is 0.224 e. The molecular formula is C27H56O12. The number of methoxy groups -OCH3 is 8. The van der Waals surface area contributed by atoms with Crippen molar-refractivity contribution in [1.82, 2.24) is 0 Å². The molecule has 0 spiro atoms. The van der Waals surface area contributed by atoms with Gasteiger partial charge >= 0.3 is 0 Å². The zero-order valence-electron chi connectivity index (χ0n) is 26.2. The average molecular weight is 573 g/mol. The summed E-state index contributed by atoms with van der Waals surface area (Å²) in [6, 6.07) is 0. The van der Waals surface area contributed by atoms with Crippen LogP contribution in [0.3, 0.4) is 0 Å². The molecule has 39 heavy (non-hydrogen) atoms. The van der Waals surface area contributed by atoms with Crippen molar-refractivity contribution >= 4 is 0 Å². The molecule has 0 amide bonds. The van der Waals surface area contributed by atoms with Gasteiger partial charge in [-0.1, -0.05) is 27.7 Å². The van der Waals surface area contributed by atoms with Crippen LogP contribution in [0.4, 0.5) is 0 Å². The highest BCUT2D eigenvalue weighted by atomic mass is 16.8. The first-order valence-electron chi connectivity index (χ1n) is 13.6. The minimum atomic E-state index is -1.34. The zero-order chi connectivity index (χ0) is 30.0. The lowest BCUT2D eigenvalue weighted by Crippen LogP contribution is -2.64. The second-order valence-electron chi connectivity index (χ2n) is 8.90. The molecule has 0 bridgehead atoms. The third-order valence-electron chi connectivity index (χ3n) is 6.65. The fourth-order valence-electron chi connectivity index (χ4n) is 4.72. The first kappa shape index (κ1) is 38.5. The van der Waals surface area contributed by atoms with Gasteiger partial charge in [0.1, 0.15) is 49.3 Å². The van der Waals surface area contributed by atoms with Crippen molar-refractivity contribution in [3.63, 3.8) is 0 Å². The molecule has 0 saturated carbocycles. The summed E-state index contributed by atoms with van der Waals surface area (Å²) in [5.41, 5.74) is 0. The quantitative estimate of drug-likeness (QED) is 0.309. The molecular weight excluding hydrogens is 516 g/mol. The lowest BCUT2D eigenvalue weighted by molar-refractivity contribution is -0.390. The van der Waals surface area contributed by atoms with Crippen molar-refractivity contribution < 1.29 is 57.2 Å². The molecule has 12 nitrogen and oxygen atoms in total. The maximum absolute atomic E-state index is 8.67. The van der Waals surface area contributed by atoms with Crippen LogP contribution in [0.15, 0.2) is 0 Å². The standard InChI is InChI=1S/C20H38O11.C5H12O.C2H6/c1-21-9-12-14(24-4)16(26-6)17(27-7)19(29-12)31-20(11-23-3)18(28-8)15(25-5)13(30-20)10-22-2;1-3-5(6)4-2;1-2/h12-19H,9-11H2,1-8H3;5-6H,3-4H2,1-2H3;1-2H3/t12?,13-,14-,15+,16-,17?,18?,19+,20+;;/m1../s1. The highest BCUT2D eigenvalue weighted by Gasteiger charge is 2.60. The number of ether oxygens (including phenoxy) is 11. The highest BCUT2D eigenvalue weighted by molar-refractivity contribution is 5.01. The molecule has 236 valence electrons. The Balaban J connectivity index is 0.00000159. The Kier molecular flexibility index (Phi) is 21.0. The van der Waals surface area contributed by atoms with Crippen molar-refractivity contribution in [3.05, 3.63) is 0 Å². The summed E-state index contributed by atoms with van der Waals surface area (Å²) < 4.78 is 63.5. The van der Waals surface area contributed by atoms with E-state index in [1.54, 1.807) is 56.9 Å². The van der Waals surface area contributed by atoms with Gasteiger partial charge in [0.15, 0.2) is 6.29 Å². The minimum absolute atomic E-state index is 0.0577. The second-order valence-corrected chi connectivity index (χ2v) is 8.90. The fourth-order valence-corrected chi connectivity index (χ4v) is 4.72. The van der Waals surface area contributed by atoms with Crippen molar-refractivity contribution in [3.8, 4) is 0 Å². The Morgan fingerprint density at radius 3 is 1.56 bits per heavy atom. The van der Waals surface area contributed by atoms with E-state index in [1.165, 1.54) is 0 Å². The molecule has 2 rings (SSSR count). The summed E-state index contributed by atoms with van der Waals surface area (Å²) in [7, 11) is 12.6. The summed E-state index contributed by atoms with van der Waals surface area (Å²) in [5.74, 6) is -1.34. The number of aliphatic hydroxyl groups is 1. The van der Waals surface area contributed by atoms with E-state index >= 15 is 0 Å². The average Bonchev–Trinajstić information content (AvgIpc) is 3.25. The third kappa shape index (κ3) is 10.4. The lowest BCUT2D eigenvalue weighted by atomic mass is 9.98. The maximum Gasteiger partial charge on any atom is 0.224 e. The van der Waals surface area contributed by atoms with Gasteiger partial charge < -0.3 is 57.2 Å². The Bertz CT molecular complexity index is 581. The molecule has 9 atom stereocenters. The van der Waals surface area contributed by atoms with Crippen LogP contribution in [-0.4, -0.2) is 143 Å². The molecule has 12 heteroatoms. The fraction of sp³-hybridized carbons (Fsp3) is 1.00. The molecule has 2 fully saturated rings. The van der Waals surface area contributed by atoms with Gasteiger partial charge in [-0.2, -0.15) is 0 Å². The molecule has 0 aromatic carbocycles. The van der Waals surface area contributed by atoms with E-state index in [1.807, 2.05) is 27.7 Å². The summed E-state index contributed by atoms with van der Waals surface area (Å²) in [6.45, 7) is 8.57. The largest absolute Gasteiger partial charge is 0.393 e. The van der Waals surface area contributed by atoms with E-state index in [4.69, 9.17) is 57.2 Å². The van der Waals surface area contributed by atoms with Crippen molar-refractivity contribution in [2.24, 2.45) is 0 Å². The highest BCUT2D eigenvalue weighted by Crippen LogP contribution is 2.40. The molecule has 0 aromatic rings. The Hall–Kier alpha value is -0.480. The monoisotopic (exact) mass is 572 g/mol. The lowest BCUT2D eigenvalue weighted by Gasteiger charge is -2.47. The molecule has 1 N–H and O–H groups in total. The molecule has 2 aliphatic heterocycles. The van der Waals surface area contributed by atoms with Gasteiger partial charge in [-0.25, -0.2) is 0 Å². The number of hydrogen-bond acceptors (Lipinski definition) is 12. The molecule has 2 aliphatic rings. The SMILES string of the molecule is CC.CCC(O)CC.COCC1O[C@@H](O[C@]2(COC)O[C@H](COC)[C@H](OC)C2OC)C(OC)[C@H](OC)[C@@H]1OC. The maximum atomic E-state index is 8.67. The number of rotatable bonds is 15. The molecule has 0 aliphatic carbocycles. The third-order valence-corrected chi connectivity index (χ3v) is 6.65. The van der Waals surface area contributed by atoms with Crippen LogP contribution in [0.5, 0.6) is 0 Å². The first-order valence-corrected chi connectivity index (χ1v) is 13.6. The van der Waals surface area contributed by atoms with E-state index < -0.39 is 54.8 Å². The van der Waals surface area contributed by atoms with Crippen LogP contribution in [0, 0.1) is 0 Å². The number of hydrogen-bond donors (Lipinski definition) is 1. The van der Waals surface area contributed by atoms with E-state index in [0.29, 0.717) is 0 Å². The van der Waals surface area contributed by atoms with E-state index in [2.05, 4.69) is 0 Å². The van der Waals surface area contributed by atoms with Gasteiger partial charge in [-0.3, -0.25) is 0 Å². The van der Waals surface area contributed by atoms with Gasteiger partial charge in [-0.05, 0) is 12.8 Å². The van der Waals surface area contributed by atoms with Gasteiger partial charge in [0.25, 0.3) is 0 Å². The van der Waals surface area contributed by atoms with E-state index in [9.17, 15) is 0 Å². The Morgan fingerprint density at radius 2 is 1.18 bits per heavy atom. The summed E-state index contributed by atoms with van der Waals surface area (Å²) in [4.78, 5) is 0.